The van der Waals surface area contributed by atoms with E-state index in [-0.39, 0.29) is 29.8 Å². The Kier molecular flexibility index (Phi) is 5.66. The first kappa shape index (κ1) is 18.3. The Morgan fingerprint density at radius 2 is 1.93 bits per heavy atom. The van der Waals surface area contributed by atoms with Crippen LogP contribution in [0.5, 0.6) is 0 Å². The fourth-order valence-electron chi connectivity index (χ4n) is 4.71. The minimum absolute atomic E-state index is 0.0120. The van der Waals surface area contributed by atoms with Gasteiger partial charge in [-0.3, -0.25) is 9.59 Å². The number of nitrogens with zero attached hydrogens (tertiary/aromatic N) is 3. The van der Waals surface area contributed by atoms with E-state index in [2.05, 4.69) is 15.3 Å². The normalized spacial score (nSPS) is 28.1. The monoisotopic (exact) mass is 372 g/mol. The molecule has 1 N–H and O–H groups in total. The third kappa shape index (κ3) is 4.29. The van der Waals surface area contributed by atoms with Crippen molar-refractivity contribution in [2.75, 3.05) is 19.7 Å². The van der Waals surface area contributed by atoms with Gasteiger partial charge in [-0.15, -0.1) is 0 Å². The summed E-state index contributed by atoms with van der Waals surface area (Å²) in [6.45, 7) is 1.79. The summed E-state index contributed by atoms with van der Waals surface area (Å²) in [5, 5.41) is 3.23. The van der Waals surface area contributed by atoms with Crippen LogP contribution in [-0.4, -0.2) is 58.5 Å². The Morgan fingerprint density at radius 3 is 2.70 bits per heavy atom. The van der Waals surface area contributed by atoms with Crippen molar-refractivity contribution in [3.05, 3.63) is 24.3 Å². The second kappa shape index (κ2) is 8.33. The van der Waals surface area contributed by atoms with Gasteiger partial charge in [-0.05, 0) is 31.2 Å². The van der Waals surface area contributed by atoms with Crippen molar-refractivity contribution in [2.45, 2.75) is 57.1 Å². The van der Waals surface area contributed by atoms with Crippen LogP contribution in [0.2, 0.25) is 0 Å². The molecule has 3 aliphatic rings. The maximum Gasteiger partial charge on any atom is 0.225 e. The lowest BCUT2D eigenvalue weighted by Gasteiger charge is -2.39. The molecule has 4 rings (SSSR count). The van der Waals surface area contributed by atoms with Crippen LogP contribution in [-0.2, 0) is 20.7 Å². The summed E-state index contributed by atoms with van der Waals surface area (Å²) in [6.07, 6.45) is 11.4. The third-order valence-corrected chi connectivity index (χ3v) is 6.23. The Morgan fingerprint density at radius 1 is 1.15 bits per heavy atom. The van der Waals surface area contributed by atoms with Crippen LogP contribution in [0.1, 0.15) is 44.1 Å². The van der Waals surface area contributed by atoms with Crippen molar-refractivity contribution in [3.63, 3.8) is 0 Å². The minimum Gasteiger partial charge on any atom is -0.376 e. The highest BCUT2D eigenvalue weighted by Crippen LogP contribution is 2.34. The Balaban J connectivity index is 1.38. The summed E-state index contributed by atoms with van der Waals surface area (Å²) < 4.78 is 5.86. The number of ether oxygens (including phenoxy) is 1. The molecule has 0 spiro atoms. The highest BCUT2D eigenvalue weighted by molar-refractivity contribution is 5.82. The number of nitrogens with one attached hydrogen (secondary N) is 1. The number of hydrogen-bond acceptors (Lipinski definition) is 5. The van der Waals surface area contributed by atoms with E-state index in [9.17, 15) is 9.59 Å². The number of hydrogen-bond donors (Lipinski definition) is 1. The van der Waals surface area contributed by atoms with Crippen LogP contribution in [0, 0.1) is 11.8 Å². The van der Waals surface area contributed by atoms with Crippen LogP contribution < -0.4 is 5.32 Å². The average molecular weight is 372 g/mol. The Labute approximate surface area is 159 Å². The molecule has 0 unspecified atom stereocenters. The van der Waals surface area contributed by atoms with Gasteiger partial charge >= 0.3 is 0 Å². The fourth-order valence-corrected chi connectivity index (χ4v) is 4.71. The lowest BCUT2D eigenvalue weighted by molar-refractivity contribution is -0.141. The van der Waals surface area contributed by atoms with E-state index in [0.717, 1.165) is 24.8 Å². The van der Waals surface area contributed by atoms with Gasteiger partial charge in [0, 0.05) is 50.5 Å². The highest BCUT2D eigenvalue weighted by atomic mass is 16.5. The van der Waals surface area contributed by atoms with E-state index in [1.54, 1.807) is 12.4 Å². The summed E-state index contributed by atoms with van der Waals surface area (Å²) in [7, 11) is 0. The quantitative estimate of drug-likeness (QED) is 0.843. The lowest BCUT2D eigenvalue weighted by Crippen LogP contribution is -2.55. The molecule has 0 radical (unpaired) electrons. The first-order valence-corrected chi connectivity index (χ1v) is 10.1. The van der Waals surface area contributed by atoms with Gasteiger partial charge < -0.3 is 15.0 Å². The number of fused-ring (bicyclic) bond motifs is 1. The molecule has 1 aromatic heterocycles. The summed E-state index contributed by atoms with van der Waals surface area (Å²) in [6, 6.07) is 0.308. The topological polar surface area (TPSA) is 84.4 Å². The standard InChI is InChI=1S/C20H28N4O3/c25-19(6-5-14-9-21-13-22-10-14)24-11-17(16-7-8-27-18(16)12-24)20(26)23-15-3-1-2-4-15/h9-10,13,15-18H,1-8,11-12H2,(H,23,26)/t16-,17+,18+/m0/s1. The zero-order valence-electron chi connectivity index (χ0n) is 15.7. The number of aryl methyl sites for hydroxylation is 1. The van der Waals surface area contributed by atoms with Gasteiger partial charge in [0.25, 0.3) is 0 Å². The third-order valence-electron chi connectivity index (χ3n) is 6.23. The number of carbonyl (C=O) groups is 2. The second-order valence-corrected chi connectivity index (χ2v) is 8.00. The SMILES string of the molecule is O=C(NC1CCCC1)[C@@H]1CN(C(=O)CCc2cncnc2)C[C@H]2OCC[C@H]21. The molecule has 146 valence electrons. The molecule has 0 bridgehead atoms. The smallest absolute Gasteiger partial charge is 0.225 e. The number of piperidine rings is 1. The van der Waals surface area contributed by atoms with Crippen LogP contribution in [0.3, 0.4) is 0 Å². The Bertz CT molecular complexity index is 662. The molecule has 1 saturated carbocycles. The van der Waals surface area contributed by atoms with Crippen LogP contribution in [0.25, 0.3) is 0 Å². The predicted octanol–water partition coefficient (Wildman–Crippen LogP) is 1.33. The van der Waals surface area contributed by atoms with Crippen LogP contribution in [0.4, 0.5) is 0 Å². The molecule has 2 amide bonds. The average Bonchev–Trinajstić information content (AvgIpc) is 3.37. The van der Waals surface area contributed by atoms with Crippen LogP contribution >= 0.6 is 0 Å². The fraction of sp³-hybridized carbons (Fsp3) is 0.700. The molecule has 2 saturated heterocycles. The van der Waals surface area contributed by atoms with Crippen LogP contribution in [0.15, 0.2) is 18.7 Å². The number of amides is 2. The predicted molar refractivity (Wildman–Crippen MR) is 98.7 cm³/mol. The van der Waals surface area contributed by atoms with Gasteiger partial charge in [0.15, 0.2) is 0 Å². The molecule has 3 fully saturated rings. The van der Waals surface area contributed by atoms with E-state index >= 15 is 0 Å². The number of likely N-dealkylation sites (tertiary alicyclic amines) is 1. The van der Waals surface area contributed by atoms with E-state index < -0.39 is 0 Å². The van der Waals surface area contributed by atoms with E-state index in [1.165, 1.54) is 19.2 Å². The molecule has 7 nitrogen and oxygen atoms in total. The van der Waals surface area contributed by atoms with Gasteiger partial charge in [-0.1, -0.05) is 12.8 Å². The number of rotatable bonds is 5. The maximum atomic E-state index is 12.9. The van der Waals surface area contributed by atoms with Gasteiger partial charge in [-0.25, -0.2) is 9.97 Å². The van der Waals surface area contributed by atoms with Gasteiger partial charge in [0.05, 0.1) is 12.0 Å². The lowest BCUT2D eigenvalue weighted by atomic mass is 9.82. The largest absolute Gasteiger partial charge is 0.376 e. The zero-order valence-corrected chi connectivity index (χ0v) is 15.7. The molecule has 7 heteroatoms. The van der Waals surface area contributed by atoms with E-state index in [4.69, 9.17) is 4.74 Å². The van der Waals surface area contributed by atoms with Crippen molar-refractivity contribution in [3.8, 4) is 0 Å². The molecule has 27 heavy (non-hydrogen) atoms. The van der Waals surface area contributed by atoms with Crippen molar-refractivity contribution in [1.82, 2.24) is 20.2 Å². The first-order chi connectivity index (χ1) is 13.2. The number of carbonyl (C=O) groups excluding carboxylic acids is 2. The molecule has 3 heterocycles. The molecule has 2 aliphatic heterocycles. The van der Waals surface area contributed by atoms with Crippen molar-refractivity contribution in [1.29, 1.82) is 0 Å². The first-order valence-electron chi connectivity index (χ1n) is 10.1. The van der Waals surface area contributed by atoms with Gasteiger partial charge in [0.1, 0.15) is 6.33 Å². The van der Waals surface area contributed by atoms with Crippen molar-refractivity contribution < 1.29 is 14.3 Å². The van der Waals surface area contributed by atoms with E-state index in [1.807, 2.05) is 4.90 Å². The molecular formula is C20H28N4O3. The Hall–Kier alpha value is -2.02. The van der Waals surface area contributed by atoms with Crippen molar-refractivity contribution in [2.24, 2.45) is 11.8 Å². The van der Waals surface area contributed by atoms with E-state index in [0.29, 0.717) is 38.6 Å². The second-order valence-electron chi connectivity index (χ2n) is 8.00. The summed E-state index contributed by atoms with van der Waals surface area (Å²) in [5.74, 6) is 0.261. The molecule has 3 atom stereocenters. The van der Waals surface area contributed by atoms with Crippen molar-refractivity contribution >= 4 is 11.8 Å². The highest BCUT2D eigenvalue weighted by Gasteiger charge is 2.45. The zero-order chi connectivity index (χ0) is 18.6. The molecule has 1 aromatic rings. The summed E-state index contributed by atoms with van der Waals surface area (Å²) in [4.78, 5) is 35.5. The minimum atomic E-state index is -0.157. The van der Waals surface area contributed by atoms with Gasteiger partial charge in [-0.2, -0.15) is 0 Å². The number of aromatic nitrogens is 2. The molecule has 0 aromatic carbocycles. The molecule has 1 aliphatic carbocycles. The summed E-state index contributed by atoms with van der Waals surface area (Å²) in [5.41, 5.74) is 0.952. The summed E-state index contributed by atoms with van der Waals surface area (Å²) >= 11 is 0. The maximum absolute atomic E-state index is 12.9. The molecular weight excluding hydrogens is 344 g/mol. The van der Waals surface area contributed by atoms with Gasteiger partial charge in [0.2, 0.25) is 11.8 Å².